The Morgan fingerprint density at radius 1 is 1.13 bits per heavy atom. The second kappa shape index (κ2) is 5.04. The van der Waals surface area contributed by atoms with Gasteiger partial charge in [0.1, 0.15) is 0 Å². The highest BCUT2D eigenvalue weighted by atomic mass is 16.3. The molecule has 0 aromatic rings. The SMILES string of the molecule is C[C@]12CC[C@H]3C(=CC[C@H]4C[C@@H](O)CC[C@@]43CO)[C@@]1(O)CC[C@@H]2O. The molecule has 3 fully saturated rings. The lowest BCUT2D eigenvalue weighted by Gasteiger charge is -2.60. The fourth-order valence-electron chi connectivity index (χ4n) is 6.57. The largest absolute Gasteiger partial charge is 0.396 e. The number of fused-ring (bicyclic) bond motifs is 5. The van der Waals surface area contributed by atoms with E-state index in [2.05, 4.69) is 6.08 Å². The monoisotopic (exact) mass is 322 g/mol. The summed E-state index contributed by atoms with van der Waals surface area (Å²) in [7, 11) is 0. The molecule has 0 aliphatic heterocycles. The molecule has 3 saturated carbocycles. The van der Waals surface area contributed by atoms with Crippen LogP contribution in [0.1, 0.15) is 58.3 Å². The molecule has 0 amide bonds. The molecule has 0 radical (unpaired) electrons. The molecular formula is C19H30O4. The lowest BCUT2D eigenvalue weighted by atomic mass is 9.47. The highest BCUT2D eigenvalue weighted by Crippen LogP contribution is 2.65. The lowest BCUT2D eigenvalue weighted by molar-refractivity contribution is -0.135. The van der Waals surface area contributed by atoms with E-state index in [0.29, 0.717) is 18.8 Å². The molecule has 4 N–H and O–H groups in total. The predicted molar refractivity (Wildman–Crippen MR) is 86.6 cm³/mol. The number of hydrogen-bond donors (Lipinski definition) is 4. The summed E-state index contributed by atoms with van der Waals surface area (Å²) in [5, 5.41) is 42.3. The molecule has 0 spiro atoms. The Kier molecular flexibility index (Phi) is 3.52. The van der Waals surface area contributed by atoms with Gasteiger partial charge < -0.3 is 20.4 Å². The first-order chi connectivity index (χ1) is 10.9. The van der Waals surface area contributed by atoms with Gasteiger partial charge in [0.2, 0.25) is 0 Å². The van der Waals surface area contributed by atoms with Crippen molar-refractivity contribution in [2.24, 2.45) is 22.7 Å². The van der Waals surface area contributed by atoms with Crippen LogP contribution in [0.2, 0.25) is 0 Å². The standard InChI is InChI=1S/C19H30O4/c1-17-7-5-14-15(19(17,23)9-6-16(17)22)3-2-12-10-13(21)4-8-18(12,14)11-20/h3,12-14,16,20-23H,2,4-11H2,1H3/t12-,13-,14-,16-,17+,18+,19-/m0/s1. The van der Waals surface area contributed by atoms with Gasteiger partial charge in [-0.2, -0.15) is 0 Å². The van der Waals surface area contributed by atoms with Crippen LogP contribution >= 0.6 is 0 Å². The van der Waals surface area contributed by atoms with Gasteiger partial charge in [-0.05, 0) is 68.8 Å². The molecule has 0 saturated heterocycles. The number of aliphatic hydroxyl groups excluding tert-OH is 3. The first-order valence-corrected chi connectivity index (χ1v) is 9.27. The third-order valence-electron chi connectivity index (χ3n) is 8.19. The molecule has 0 aromatic heterocycles. The maximum atomic E-state index is 11.5. The van der Waals surface area contributed by atoms with E-state index in [0.717, 1.165) is 44.1 Å². The summed E-state index contributed by atoms with van der Waals surface area (Å²) in [4.78, 5) is 0. The second-order valence-electron chi connectivity index (χ2n) is 8.84. The molecule has 23 heavy (non-hydrogen) atoms. The predicted octanol–water partition coefficient (Wildman–Crippen LogP) is 1.76. The normalized spacial score (nSPS) is 55.6. The van der Waals surface area contributed by atoms with Crippen molar-refractivity contribution < 1.29 is 20.4 Å². The van der Waals surface area contributed by atoms with Crippen LogP contribution in [0.5, 0.6) is 0 Å². The van der Waals surface area contributed by atoms with Gasteiger partial charge in [0.25, 0.3) is 0 Å². The molecular weight excluding hydrogens is 292 g/mol. The van der Waals surface area contributed by atoms with Gasteiger partial charge in [0.15, 0.2) is 0 Å². The zero-order chi connectivity index (χ0) is 16.5. The van der Waals surface area contributed by atoms with Gasteiger partial charge in [-0.1, -0.05) is 13.0 Å². The van der Waals surface area contributed by atoms with Crippen LogP contribution in [-0.4, -0.2) is 44.8 Å². The zero-order valence-corrected chi connectivity index (χ0v) is 14.0. The average molecular weight is 322 g/mol. The summed E-state index contributed by atoms with van der Waals surface area (Å²) in [6, 6.07) is 0. The molecule has 7 atom stereocenters. The molecule has 130 valence electrons. The number of hydrogen-bond acceptors (Lipinski definition) is 4. The second-order valence-corrected chi connectivity index (χ2v) is 8.84. The summed E-state index contributed by atoms with van der Waals surface area (Å²) in [6.45, 7) is 2.17. The van der Waals surface area contributed by atoms with Crippen molar-refractivity contribution >= 4 is 0 Å². The van der Waals surface area contributed by atoms with E-state index in [4.69, 9.17) is 0 Å². The van der Waals surface area contributed by atoms with Gasteiger partial charge >= 0.3 is 0 Å². The van der Waals surface area contributed by atoms with Crippen molar-refractivity contribution in [3.05, 3.63) is 11.6 Å². The third-order valence-corrected chi connectivity index (χ3v) is 8.19. The lowest BCUT2D eigenvalue weighted by Crippen LogP contribution is -2.59. The van der Waals surface area contributed by atoms with Crippen LogP contribution in [0.3, 0.4) is 0 Å². The number of rotatable bonds is 1. The molecule has 4 aliphatic rings. The van der Waals surface area contributed by atoms with Crippen LogP contribution in [0.25, 0.3) is 0 Å². The van der Waals surface area contributed by atoms with Gasteiger partial charge in [0, 0.05) is 17.4 Å². The minimum absolute atomic E-state index is 0.141. The van der Waals surface area contributed by atoms with Crippen LogP contribution < -0.4 is 0 Å². The Balaban J connectivity index is 1.77. The van der Waals surface area contributed by atoms with Crippen LogP contribution in [0.15, 0.2) is 11.6 Å². The molecule has 0 unspecified atom stereocenters. The molecule has 0 aromatic carbocycles. The highest BCUT2D eigenvalue weighted by Gasteiger charge is 2.65. The average Bonchev–Trinajstić information content (AvgIpc) is 2.78. The van der Waals surface area contributed by atoms with E-state index in [1.165, 1.54) is 0 Å². The van der Waals surface area contributed by atoms with Gasteiger partial charge in [-0.15, -0.1) is 0 Å². The Labute approximate surface area is 138 Å². The zero-order valence-electron chi connectivity index (χ0n) is 14.0. The maximum absolute atomic E-state index is 11.5. The van der Waals surface area contributed by atoms with Crippen LogP contribution in [-0.2, 0) is 0 Å². The summed E-state index contributed by atoms with van der Waals surface area (Å²) in [6.07, 6.45) is 7.70. The topological polar surface area (TPSA) is 80.9 Å². The van der Waals surface area contributed by atoms with Crippen molar-refractivity contribution in [2.75, 3.05) is 6.61 Å². The molecule has 4 nitrogen and oxygen atoms in total. The molecule has 4 rings (SSSR count). The Hall–Kier alpha value is -0.420. The Bertz CT molecular complexity index is 531. The van der Waals surface area contributed by atoms with E-state index < -0.39 is 17.1 Å². The summed E-state index contributed by atoms with van der Waals surface area (Å²) in [5.41, 5.74) is -0.469. The first-order valence-electron chi connectivity index (χ1n) is 9.27. The Morgan fingerprint density at radius 2 is 1.91 bits per heavy atom. The van der Waals surface area contributed by atoms with Crippen molar-refractivity contribution in [3.63, 3.8) is 0 Å². The smallest absolute Gasteiger partial charge is 0.0938 e. The van der Waals surface area contributed by atoms with Crippen molar-refractivity contribution in [2.45, 2.75) is 76.1 Å². The van der Waals surface area contributed by atoms with Gasteiger partial charge in [0.05, 0.1) is 17.8 Å². The minimum atomic E-state index is -0.918. The number of aliphatic hydroxyl groups is 4. The fourth-order valence-corrected chi connectivity index (χ4v) is 6.57. The van der Waals surface area contributed by atoms with E-state index in [1.807, 2.05) is 6.92 Å². The van der Waals surface area contributed by atoms with Crippen molar-refractivity contribution in [1.82, 2.24) is 0 Å². The molecule has 0 bridgehead atoms. The third kappa shape index (κ3) is 1.87. The van der Waals surface area contributed by atoms with E-state index in [-0.39, 0.29) is 24.0 Å². The molecule has 4 heteroatoms. The number of allylic oxidation sites excluding steroid dienone is 1. The highest BCUT2D eigenvalue weighted by molar-refractivity contribution is 5.35. The maximum Gasteiger partial charge on any atom is 0.0938 e. The summed E-state index contributed by atoms with van der Waals surface area (Å²) < 4.78 is 0. The van der Waals surface area contributed by atoms with E-state index >= 15 is 0 Å². The van der Waals surface area contributed by atoms with Crippen LogP contribution in [0, 0.1) is 22.7 Å². The molecule has 4 aliphatic carbocycles. The fraction of sp³-hybridized carbons (Fsp3) is 0.895. The van der Waals surface area contributed by atoms with Gasteiger partial charge in [-0.25, -0.2) is 0 Å². The molecule has 0 heterocycles. The summed E-state index contributed by atoms with van der Waals surface area (Å²) in [5.74, 6) is 0.506. The summed E-state index contributed by atoms with van der Waals surface area (Å²) >= 11 is 0. The minimum Gasteiger partial charge on any atom is -0.396 e. The van der Waals surface area contributed by atoms with Crippen molar-refractivity contribution in [1.29, 1.82) is 0 Å². The van der Waals surface area contributed by atoms with E-state index in [1.54, 1.807) is 0 Å². The Morgan fingerprint density at radius 3 is 2.65 bits per heavy atom. The first kappa shape index (κ1) is 16.1. The van der Waals surface area contributed by atoms with Crippen LogP contribution in [0.4, 0.5) is 0 Å². The van der Waals surface area contributed by atoms with E-state index in [9.17, 15) is 20.4 Å². The van der Waals surface area contributed by atoms with Crippen molar-refractivity contribution in [3.8, 4) is 0 Å². The van der Waals surface area contributed by atoms with Gasteiger partial charge in [-0.3, -0.25) is 0 Å². The quantitative estimate of drug-likeness (QED) is 0.555.